The second kappa shape index (κ2) is 6.73. The molecule has 1 aromatic heterocycles. The fourth-order valence-electron chi connectivity index (χ4n) is 2.78. The van der Waals surface area contributed by atoms with E-state index in [1.54, 1.807) is 12.1 Å². The van der Waals surface area contributed by atoms with Crippen molar-refractivity contribution in [2.75, 3.05) is 0 Å². The van der Waals surface area contributed by atoms with Crippen molar-refractivity contribution in [2.45, 2.75) is 38.3 Å². The van der Waals surface area contributed by atoms with Gasteiger partial charge in [0.15, 0.2) is 0 Å². The van der Waals surface area contributed by atoms with Crippen molar-refractivity contribution in [1.29, 1.82) is 0 Å². The minimum atomic E-state index is -0.334. The van der Waals surface area contributed by atoms with E-state index in [0.717, 1.165) is 31.2 Å². The first-order valence-electron chi connectivity index (χ1n) is 7.75. The van der Waals surface area contributed by atoms with Crippen LogP contribution in [-0.4, -0.2) is 21.7 Å². The van der Waals surface area contributed by atoms with E-state index in [1.165, 1.54) is 28.9 Å². The molecule has 0 bridgehead atoms. The van der Waals surface area contributed by atoms with Gasteiger partial charge >= 0.3 is 0 Å². The summed E-state index contributed by atoms with van der Waals surface area (Å²) < 4.78 is 14.2. The van der Waals surface area contributed by atoms with Crippen LogP contribution in [0.4, 0.5) is 4.39 Å². The average molecular weight is 315 g/mol. The van der Waals surface area contributed by atoms with E-state index >= 15 is 0 Å². The summed E-state index contributed by atoms with van der Waals surface area (Å²) >= 11 is 0. The second-order valence-corrected chi connectivity index (χ2v) is 5.80. The van der Waals surface area contributed by atoms with Gasteiger partial charge in [-0.15, -0.1) is 0 Å². The Bertz CT molecular complexity index is 749. The van der Waals surface area contributed by atoms with Gasteiger partial charge in [-0.3, -0.25) is 9.59 Å². The van der Waals surface area contributed by atoms with Gasteiger partial charge in [0.1, 0.15) is 11.5 Å². The van der Waals surface area contributed by atoms with E-state index in [2.05, 4.69) is 10.4 Å². The summed E-state index contributed by atoms with van der Waals surface area (Å²) in [6.45, 7) is 0.198. The molecule has 2 aromatic rings. The molecule has 23 heavy (non-hydrogen) atoms. The normalized spacial score (nSPS) is 14.8. The minimum Gasteiger partial charge on any atom is -0.348 e. The van der Waals surface area contributed by atoms with Gasteiger partial charge in [0.05, 0.1) is 6.54 Å². The molecule has 1 N–H and O–H groups in total. The number of benzene rings is 1. The zero-order valence-corrected chi connectivity index (χ0v) is 12.7. The van der Waals surface area contributed by atoms with Gasteiger partial charge in [0.25, 0.3) is 11.5 Å². The lowest BCUT2D eigenvalue weighted by atomic mass is 10.2. The Morgan fingerprint density at radius 1 is 1.17 bits per heavy atom. The molecule has 0 saturated heterocycles. The quantitative estimate of drug-likeness (QED) is 0.940. The Morgan fingerprint density at radius 2 is 1.87 bits per heavy atom. The van der Waals surface area contributed by atoms with Crippen LogP contribution in [0.1, 0.15) is 41.7 Å². The van der Waals surface area contributed by atoms with Gasteiger partial charge in [0.2, 0.25) is 0 Å². The van der Waals surface area contributed by atoms with Crippen molar-refractivity contribution in [2.24, 2.45) is 0 Å². The molecule has 0 radical (unpaired) electrons. The summed E-state index contributed by atoms with van der Waals surface area (Å²) in [7, 11) is 0. The van der Waals surface area contributed by atoms with Gasteiger partial charge in [-0.2, -0.15) is 5.10 Å². The number of carbonyl (C=O) groups is 1. The highest BCUT2D eigenvalue weighted by Gasteiger charge is 2.19. The van der Waals surface area contributed by atoms with Crippen LogP contribution >= 0.6 is 0 Å². The molecule has 1 aromatic carbocycles. The third-order valence-corrected chi connectivity index (χ3v) is 4.04. The van der Waals surface area contributed by atoms with Crippen LogP contribution in [0.15, 0.2) is 41.2 Å². The summed E-state index contributed by atoms with van der Waals surface area (Å²) in [6, 6.07) is 8.81. The molecule has 6 heteroatoms. The first-order valence-corrected chi connectivity index (χ1v) is 7.75. The molecule has 0 atom stereocenters. The number of amides is 1. The Labute approximate surface area is 133 Å². The third kappa shape index (κ3) is 3.83. The number of nitrogens with zero attached hydrogens (tertiary/aromatic N) is 2. The Morgan fingerprint density at radius 3 is 2.57 bits per heavy atom. The highest BCUT2D eigenvalue weighted by molar-refractivity contribution is 5.92. The van der Waals surface area contributed by atoms with Crippen LogP contribution in [0.2, 0.25) is 0 Å². The lowest BCUT2D eigenvalue weighted by Crippen LogP contribution is -2.35. The van der Waals surface area contributed by atoms with Gasteiger partial charge in [-0.25, -0.2) is 9.07 Å². The molecule has 1 heterocycles. The van der Waals surface area contributed by atoms with E-state index in [4.69, 9.17) is 0 Å². The smallest absolute Gasteiger partial charge is 0.271 e. The second-order valence-electron chi connectivity index (χ2n) is 5.80. The van der Waals surface area contributed by atoms with Crippen LogP contribution < -0.4 is 10.9 Å². The van der Waals surface area contributed by atoms with Crippen molar-refractivity contribution < 1.29 is 9.18 Å². The molecule has 1 amide bonds. The summed E-state index contributed by atoms with van der Waals surface area (Å²) in [5, 5.41) is 7.08. The van der Waals surface area contributed by atoms with Crippen LogP contribution in [0, 0.1) is 5.82 Å². The lowest BCUT2D eigenvalue weighted by Gasteiger charge is -2.12. The SMILES string of the molecule is O=C(NC1CCCC1)c1ccc(=O)n(Cc2ccc(F)cc2)n1. The molecule has 1 aliphatic carbocycles. The Kier molecular flexibility index (Phi) is 4.50. The largest absolute Gasteiger partial charge is 0.348 e. The molecule has 0 aliphatic heterocycles. The zero-order chi connectivity index (χ0) is 16.2. The molecular weight excluding hydrogens is 297 g/mol. The van der Waals surface area contributed by atoms with E-state index < -0.39 is 0 Å². The van der Waals surface area contributed by atoms with Crippen molar-refractivity contribution in [3.8, 4) is 0 Å². The fraction of sp³-hybridized carbons (Fsp3) is 0.353. The van der Waals surface area contributed by atoms with Crippen molar-refractivity contribution in [3.63, 3.8) is 0 Å². The van der Waals surface area contributed by atoms with E-state index in [-0.39, 0.29) is 35.6 Å². The first kappa shape index (κ1) is 15.4. The van der Waals surface area contributed by atoms with Crippen molar-refractivity contribution in [1.82, 2.24) is 15.1 Å². The third-order valence-electron chi connectivity index (χ3n) is 4.04. The minimum absolute atomic E-state index is 0.196. The predicted octanol–water partition coefficient (Wildman–Crippen LogP) is 2.10. The number of rotatable bonds is 4. The van der Waals surface area contributed by atoms with Crippen molar-refractivity contribution in [3.05, 3.63) is 63.8 Å². The maximum Gasteiger partial charge on any atom is 0.271 e. The topological polar surface area (TPSA) is 64.0 Å². The molecule has 1 fully saturated rings. The van der Waals surface area contributed by atoms with E-state index in [1.807, 2.05) is 0 Å². The average Bonchev–Trinajstić information content (AvgIpc) is 3.04. The number of hydrogen-bond donors (Lipinski definition) is 1. The molecular formula is C17H18FN3O2. The first-order chi connectivity index (χ1) is 11.1. The Hall–Kier alpha value is -2.50. The highest BCUT2D eigenvalue weighted by atomic mass is 19.1. The van der Waals surface area contributed by atoms with Crippen LogP contribution in [0.25, 0.3) is 0 Å². The molecule has 1 aliphatic rings. The summed E-state index contributed by atoms with van der Waals surface area (Å²) in [5.41, 5.74) is 0.666. The Balaban J connectivity index is 1.76. The number of aromatic nitrogens is 2. The molecule has 3 rings (SSSR count). The van der Waals surface area contributed by atoms with Crippen LogP contribution in [0.5, 0.6) is 0 Å². The summed E-state index contributed by atoms with van der Waals surface area (Å²) in [6.07, 6.45) is 4.23. The van der Waals surface area contributed by atoms with Gasteiger partial charge in [-0.1, -0.05) is 25.0 Å². The molecule has 0 spiro atoms. The van der Waals surface area contributed by atoms with E-state index in [9.17, 15) is 14.0 Å². The highest BCUT2D eigenvalue weighted by Crippen LogP contribution is 2.17. The summed E-state index contributed by atoms with van der Waals surface area (Å²) in [5.74, 6) is -0.594. The number of carbonyl (C=O) groups excluding carboxylic acids is 1. The number of nitrogens with one attached hydrogen (secondary N) is 1. The van der Waals surface area contributed by atoms with Gasteiger partial charge < -0.3 is 5.32 Å². The van der Waals surface area contributed by atoms with Crippen LogP contribution in [0.3, 0.4) is 0 Å². The molecule has 1 saturated carbocycles. The van der Waals surface area contributed by atoms with Gasteiger partial charge in [-0.05, 0) is 36.6 Å². The summed E-state index contributed by atoms with van der Waals surface area (Å²) in [4.78, 5) is 24.1. The van der Waals surface area contributed by atoms with Crippen molar-refractivity contribution >= 4 is 5.91 Å². The van der Waals surface area contributed by atoms with Gasteiger partial charge in [0, 0.05) is 12.1 Å². The maximum atomic E-state index is 12.9. The number of hydrogen-bond acceptors (Lipinski definition) is 3. The lowest BCUT2D eigenvalue weighted by molar-refractivity contribution is 0.0930. The van der Waals surface area contributed by atoms with E-state index in [0.29, 0.717) is 0 Å². The number of halogens is 1. The van der Waals surface area contributed by atoms with Crippen LogP contribution in [-0.2, 0) is 6.54 Å². The monoisotopic (exact) mass is 315 g/mol. The maximum absolute atomic E-state index is 12.9. The standard InChI is InChI=1S/C17H18FN3O2/c18-13-7-5-12(6-8-13)11-21-16(22)10-9-15(20-21)17(23)19-14-3-1-2-4-14/h5-10,14H,1-4,11H2,(H,19,23). The zero-order valence-electron chi connectivity index (χ0n) is 12.7. The molecule has 0 unspecified atom stereocenters. The molecule has 120 valence electrons. The predicted molar refractivity (Wildman–Crippen MR) is 83.7 cm³/mol. The molecule has 5 nitrogen and oxygen atoms in total. The fourth-order valence-corrected chi connectivity index (χ4v) is 2.78.